The van der Waals surface area contributed by atoms with Gasteiger partial charge in [0.05, 0.1) is 17.0 Å². The lowest BCUT2D eigenvalue weighted by Crippen LogP contribution is -2.46. The minimum atomic E-state index is -3.54. The first kappa shape index (κ1) is 15.5. The molecule has 0 aliphatic heterocycles. The Bertz CT molecular complexity index is 563. The summed E-state index contributed by atoms with van der Waals surface area (Å²) in [6, 6.07) is 5.02. The highest BCUT2D eigenvalue weighted by atomic mass is 32.2. The molecule has 1 fully saturated rings. The molecule has 0 aromatic heterocycles. The summed E-state index contributed by atoms with van der Waals surface area (Å²) in [7, 11) is -1.97. The predicted molar refractivity (Wildman–Crippen MR) is 79.1 cm³/mol. The fourth-order valence-corrected chi connectivity index (χ4v) is 4.55. The summed E-state index contributed by atoms with van der Waals surface area (Å²) >= 11 is 0. The quantitative estimate of drug-likeness (QED) is 0.930. The van der Waals surface area contributed by atoms with Crippen molar-refractivity contribution in [1.29, 1.82) is 0 Å². The Balaban J connectivity index is 2.33. The normalized spacial score (nSPS) is 24.1. The molecule has 1 saturated carbocycles. The first-order valence-corrected chi connectivity index (χ1v) is 8.51. The number of hydrogen-bond acceptors (Lipinski definition) is 3. The maximum atomic E-state index is 12.7. The van der Waals surface area contributed by atoms with Gasteiger partial charge in [0.1, 0.15) is 0 Å². The number of likely N-dealkylation sites (N-methyl/N-ethyl adjacent to an activating group) is 1. The number of rotatable bonds is 3. The molecule has 1 aromatic carbocycles. The minimum Gasteiger partial charge on any atom is -0.391 e. The van der Waals surface area contributed by atoms with Gasteiger partial charge in [-0.25, -0.2) is 8.42 Å². The lowest BCUT2D eigenvalue weighted by molar-refractivity contribution is 0.0638. The molecule has 2 rings (SSSR count). The van der Waals surface area contributed by atoms with E-state index in [2.05, 4.69) is 0 Å². The average molecular weight is 297 g/mol. The molecule has 0 heterocycles. The van der Waals surface area contributed by atoms with Crippen molar-refractivity contribution >= 4 is 10.0 Å². The van der Waals surface area contributed by atoms with Crippen LogP contribution in [0.2, 0.25) is 0 Å². The smallest absolute Gasteiger partial charge is 0.243 e. The molecule has 0 bridgehead atoms. The molecule has 1 aliphatic rings. The maximum Gasteiger partial charge on any atom is 0.243 e. The van der Waals surface area contributed by atoms with Gasteiger partial charge in [0.2, 0.25) is 10.0 Å². The van der Waals surface area contributed by atoms with Crippen molar-refractivity contribution in [1.82, 2.24) is 4.31 Å². The first-order chi connectivity index (χ1) is 9.32. The summed E-state index contributed by atoms with van der Waals surface area (Å²) in [5.74, 6) is 0. The van der Waals surface area contributed by atoms with Crippen LogP contribution in [0.5, 0.6) is 0 Å². The summed E-state index contributed by atoms with van der Waals surface area (Å²) in [5, 5.41) is 10.1. The van der Waals surface area contributed by atoms with Crippen molar-refractivity contribution in [3.63, 3.8) is 0 Å². The van der Waals surface area contributed by atoms with E-state index in [1.807, 2.05) is 19.9 Å². The third kappa shape index (κ3) is 3.05. The number of aliphatic hydroxyl groups is 1. The minimum absolute atomic E-state index is 0.311. The van der Waals surface area contributed by atoms with Crippen LogP contribution < -0.4 is 0 Å². The second-order valence-corrected chi connectivity index (χ2v) is 7.76. The first-order valence-electron chi connectivity index (χ1n) is 7.07. The molecule has 2 atom stereocenters. The Morgan fingerprint density at radius 3 is 2.20 bits per heavy atom. The molecule has 0 radical (unpaired) electrons. The zero-order chi connectivity index (χ0) is 14.9. The van der Waals surface area contributed by atoms with Gasteiger partial charge in [0.15, 0.2) is 0 Å². The Hall–Kier alpha value is -0.910. The van der Waals surface area contributed by atoms with E-state index in [0.29, 0.717) is 11.3 Å². The van der Waals surface area contributed by atoms with Gasteiger partial charge in [0.25, 0.3) is 0 Å². The van der Waals surface area contributed by atoms with Crippen LogP contribution >= 0.6 is 0 Å². The molecule has 2 unspecified atom stereocenters. The number of sulfonamides is 1. The van der Waals surface area contributed by atoms with Crippen molar-refractivity contribution < 1.29 is 13.5 Å². The number of aryl methyl sites for hydroxylation is 2. The van der Waals surface area contributed by atoms with E-state index in [4.69, 9.17) is 0 Å². The predicted octanol–water partition coefficient (Wildman–Crippen LogP) is 2.23. The van der Waals surface area contributed by atoms with Gasteiger partial charge < -0.3 is 5.11 Å². The summed E-state index contributed by atoms with van der Waals surface area (Å²) in [6.07, 6.45) is 2.78. The lowest BCUT2D eigenvalue weighted by Gasteiger charge is -2.34. The molecule has 4 nitrogen and oxygen atoms in total. The van der Waals surface area contributed by atoms with Crippen LogP contribution in [0.3, 0.4) is 0 Å². The third-order valence-corrected chi connectivity index (χ3v) is 5.89. The Morgan fingerprint density at radius 1 is 1.10 bits per heavy atom. The van der Waals surface area contributed by atoms with Crippen molar-refractivity contribution in [2.45, 2.75) is 56.6 Å². The number of nitrogens with zero attached hydrogens (tertiary/aromatic N) is 1. The Morgan fingerprint density at radius 2 is 1.65 bits per heavy atom. The van der Waals surface area contributed by atoms with Crippen molar-refractivity contribution in [2.75, 3.05) is 7.05 Å². The largest absolute Gasteiger partial charge is 0.391 e. The standard InChI is InChI=1S/C15H23NO3S/c1-11-8-12(2)10-13(9-11)20(18,19)16(3)14-6-4-5-7-15(14)17/h8-10,14-15,17H,4-7H2,1-3H3. The summed E-state index contributed by atoms with van der Waals surface area (Å²) in [6.45, 7) is 3.78. The van der Waals surface area contributed by atoms with E-state index in [-0.39, 0.29) is 6.04 Å². The molecule has 1 aromatic rings. The molecular weight excluding hydrogens is 274 g/mol. The average Bonchev–Trinajstić information content (AvgIpc) is 2.37. The van der Waals surface area contributed by atoms with E-state index >= 15 is 0 Å². The van der Waals surface area contributed by atoms with Crippen molar-refractivity contribution in [3.05, 3.63) is 29.3 Å². The monoisotopic (exact) mass is 297 g/mol. The van der Waals surface area contributed by atoms with E-state index in [9.17, 15) is 13.5 Å². The van der Waals surface area contributed by atoms with Gasteiger partial charge in [-0.1, -0.05) is 18.9 Å². The van der Waals surface area contributed by atoms with Gasteiger partial charge in [0, 0.05) is 7.05 Å². The summed E-state index contributed by atoms with van der Waals surface area (Å²) in [5.41, 5.74) is 1.86. The Kier molecular flexibility index (Phi) is 4.52. The topological polar surface area (TPSA) is 57.6 Å². The summed E-state index contributed by atoms with van der Waals surface area (Å²) in [4.78, 5) is 0.315. The van der Waals surface area contributed by atoms with E-state index < -0.39 is 16.1 Å². The van der Waals surface area contributed by atoms with Gasteiger partial charge in [-0.2, -0.15) is 4.31 Å². The van der Waals surface area contributed by atoms with Crippen LogP contribution in [0, 0.1) is 13.8 Å². The SMILES string of the molecule is Cc1cc(C)cc(S(=O)(=O)N(C)C2CCCCC2O)c1. The molecule has 0 saturated heterocycles. The van der Waals surface area contributed by atoms with Crippen LogP contribution in [0.25, 0.3) is 0 Å². The molecule has 112 valence electrons. The van der Waals surface area contributed by atoms with Crippen LogP contribution in [-0.2, 0) is 10.0 Å². The van der Waals surface area contributed by atoms with E-state index in [0.717, 1.165) is 30.4 Å². The number of benzene rings is 1. The fourth-order valence-electron chi connectivity index (χ4n) is 2.94. The number of hydrogen-bond donors (Lipinski definition) is 1. The summed E-state index contributed by atoms with van der Waals surface area (Å²) < 4.78 is 26.7. The second-order valence-electron chi connectivity index (χ2n) is 5.76. The van der Waals surface area contributed by atoms with Gasteiger partial charge in [-0.3, -0.25) is 0 Å². The van der Waals surface area contributed by atoms with Gasteiger partial charge in [-0.15, -0.1) is 0 Å². The van der Waals surface area contributed by atoms with Gasteiger partial charge >= 0.3 is 0 Å². The van der Waals surface area contributed by atoms with Crippen LogP contribution in [0.1, 0.15) is 36.8 Å². The number of aliphatic hydroxyl groups excluding tert-OH is 1. The molecule has 20 heavy (non-hydrogen) atoms. The molecule has 5 heteroatoms. The zero-order valence-electron chi connectivity index (χ0n) is 12.3. The zero-order valence-corrected chi connectivity index (χ0v) is 13.2. The van der Waals surface area contributed by atoms with E-state index in [1.165, 1.54) is 4.31 Å². The van der Waals surface area contributed by atoms with Crippen LogP contribution in [0.15, 0.2) is 23.1 Å². The maximum absolute atomic E-state index is 12.7. The van der Waals surface area contributed by atoms with Crippen molar-refractivity contribution in [2.24, 2.45) is 0 Å². The fraction of sp³-hybridized carbons (Fsp3) is 0.600. The molecule has 0 amide bonds. The second kappa shape index (κ2) is 5.84. The molecule has 1 aliphatic carbocycles. The molecular formula is C15H23NO3S. The highest BCUT2D eigenvalue weighted by Crippen LogP contribution is 2.27. The molecule has 1 N–H and O–H groups in total. The third-order valence-electron chi connectivity index (χ3n) is 4.03. The highest BCUT2D eigenvalue weighted by Gasteiger charge is 2.34. The van der Waals surface area contributed by atoms with E-state index in [1.54, 1.807) is 19.2 Å². The Labute approximate surface area is 121 Å². The molecule has 0 spiro atoms. The highest BCUT2D eigenvalue weighted by molar-refractivity contribution is 7.89. The van der Waals surface area contributed by atoms with Gasteiger partial charge in [-0.05, 0) is 49.9 Å². The van der Waals surface area contributed by atoms with Crippen LogP contribution in [-0.4, -0.2) is 37.0 Å². The van der Waals surface area contributed by atoms with Crippen molar-refractivity contribution in [3.8, 4) is 0 Å². The van der Waals surface area contributed by atoms with Crippen LogP contribution in [0.4, 0.5) is 0 Å². The lowest BCUT2D eigenvalue weighted by atomic mass is 9.93.